The monoisotopic (exact) mass is 231 g/mol. The molecule has 0 saturated carbocycles. The molecule has 0 aromatic heterocycles. The molecule has 1 atom stereocenters. The maximum absolute atomic E-state index is 11.7. The first-order valence-corrected chi connectivity index (χ1v) is 6.39. The normalized spacial score (nSPS) is 21.4. The van der Waals surface area contributed by atoms with Crippen molar-refractivity contribution < 1.29 is 14.7 Å². The molecule has 1 N–H and O–H groups in total. The third-order valence-electron chi connectivity index (χ3n) is 2.42. The molecule has 1 fully saturated rings. The summed E-state index contributed by atoms with van der Waals surface area (Å²) in [4.78, 5) is 24.1. The molecule has 1 amide bonds. The molecule has 0 aliphatic carbocycles. The number of hydrogen-bond acceptors (Lipinski definition) is 3. The van der Waals surface area contributed by atoms with Crippen LogP contribution in [0.5, 0.6) is 0 Å². The van der Waals surface area contributed by atoms with Crippen molar-refractivity contribution in [2.75, 3.05) is 18.1 Å². The van der Waals surface area contributed by atoms with Crippen LogP contribution in [0, 0.1) is 0 Å². The van der Waals surface area contributed by atoms with Gasteiger partial charge in [-0.25, -0.2) is 0 Å². The van der Waals surface area contributed by atoms with Crippen LogP contribution < -0.4 is 0 Å². The molecular formula is C10H17NO3S. The SMILES string of the molecule is CCCC(=O)N1CCSCC1CC(=O)O. The van der Waals surface area contributed by atoms with Crippen molar-refractivity contribution in [1.82, 2.24) is 4.90 Å². The number of carbonyl (C=O) groups excluding carboxylic acids is 1. The highest BCUT2D eigenvalue weighted by molar-refractivity contribution is 7.99. The van der Waals surface area contributed by atoms with Gasteiger partial charge in [0.05, 0.1) is 12.5 Å². The summed E-state index contributed by atoms with van der Waals surface area (Å²) in [6, 6.07) is -0.111. The van der Waals surface area contributed by atoms with Crippen molar-refractivity contribution in [2.24, 2.45) is 0 Å². The average Bonchev–Trinajstić information content (AvgIpc) is 2.18. The van der Waals surface area contributed by atoms with Gasteiger partial charge in [0.1, 0.15) is 0 Å². The Labute approximate surface area is 94.0 Å². The van der Waals surface area contributed by atoms with Crippen LogP contribution in [0.3, 0.4) is 0 Å². The first kappa shape index (κ1) is 12.4. The highest BCUT2D eigenvalue weighted by Gasteiger charge is 2.27. The molecule has 1 aliphatic rings. The first-order valence-electron chi connectivity index (χ1n) is 5.24. The standard InChI is InChI=1S/C10H17NO3S/c1-2-3-9(12)11-4-5-15-7-8(11)6-10(13)14/h8H,2-7H2,1H3,(H,13,14). The van der Waals surface area contributed by atoms with E-state index in [0.29, 0.717) is 13.0 Å². The lowest BCUT2D eigenvalue weighted by Crippen LogP contribution is -2.47. The number of nitrogens with zero attached hydrogens (tertiary/aromatic N) is 1. The minimum atomic E-state index is -0.822. The van der Waals surface area contributed by atoms with Crippen LogP contribution >= 0.6 is 11.8 Å². The highest BCUT2D eigenvalue weighted by atomic mass is 32.2. The van der Waals surface area contributed by atoms with E-state index in [1.807, 2.05) is 6.92 Å². The highest BCUT2D eigenvalue weighted by Crippen LogP contribution is 2.20. The van der Waals surface area contributed by atoms with Crippen molar-refractivity contribution >= 4 is 23.6 Å². The van der Waals surface area contributed by atoms with Gasteiger partial charge in [-0.2, -0.15) is 11.8 Å². The Morgan fingerprint density at radius 2 is 2.27 bits per heavy atom. The Balaban J connectivity index is 2.56. The summed E-state index contributed by atoms with van der Waals surface area (Å²) in [5.74, 6) is 0.952. The second-order valence-electron chi connectivity index (χ2n) is 3.66. The average molecular weight is 231 g/mol. The first-order chi connectivity index (χ1) is 7.15. The van der Waals surface area contributed by atoms with E-state index in [4.69, 9.17) is 5.11 Å². The van der Waals surface area contributed by atoms with Gasteiger partial charge in [-0.1, -0.05) is 6.92 Å². The van der Waals surface area contributed by atoms with Crippen LogP contribution in [-0.4, -0.2) is 46.0 Å². The predicted octanol–water partition coefficient (Wildman–Crippen LogP) is 1.21. The van der Waals surface area contributed by atoms with Crippen molar-refractivity contribution in [3.8, 4) is 0 Å². The molecule has 0 aromatic rings. The Morgan fingerprint density at radius 3 is 2.87 bits per heavy atom. The summed E-state index contributed by atoms with van der Waals surface area (Å²) in [5.41, 5.74) is 0. The Bertz CT molecular complexity index is 245. The quantitative estimate of drug-likeness (QED) is 0.790. The van der Waals surface area contributed by atoms with Crippen molar-refractivity contribution in [3.63, 3.8) is 0 Å². The molecule has 86 valence electrons. The summed E-state index contributed by atoms with van der Waals surface area (Å²) in [6.07, 6.45) is 1.42. The predicted molar refractivity (Wildman–Crippen MR) is 60.0 cm³/mol. The van der Waals surface area contributed by atoms with Gasteiger partial charge in [0.15, 0.2) is 0 Å². The summed E-state index contributed by atoms with van der Waals surface area (Å²) < 4.78 is 0. The van der Waals surface area contributed by atoms with Crippen molar-refractivity contribution in [3.05, 3.63) is 0 Å². The Hall–Kier alpha value is -0.710. The van der Waals surface area contributed by atoms with Crippen LogP contribution in [0.1, 0.15) is 26.2 Å². The molecule has 0 radical (unpaired) electrons. The smallest absolute Gasteiger partial charge is 0.305 e. The lowest BCUT2D eigenvalue weighted by atomic mass is 10.1. The van der Waals surface area contributed by atoms with E-state index in [2.05, 4.69) is 0 Å². The topological polar surface area (TPSA) is 57.6 Å². The molecule has 1 saturated heterocycles. The molecular weight excluding hydrogens is 214 g/mol. The molecule has 1 rings (SSSR count). The fraction of sp³-hybridized carbons (Fsp3) is 0.800. The van der Waals surface area contributed by atoms with Gasteiger partial charge in [0, 0.05) is 24.5 Å². The van der Waals surface area contributed by atoms with Gasteiger partial charge in [-0.3, -0.25) is 9.59 Å². The number of carboxylic acid groups (broad SMARTS) is 1. The van der Waals surface area contributed by atoms with Crippen LogP contribution in [-0.2, 0) is 9.59 Å². The second kappa shape index (κ2) is 6.00. The van der Waals surface area contributed by atoms with E-state index in [0.717, 1.165) is 17.9 Å². The maximum Gasteiger partial charge on any atom is 0.305 e. The molecule has 1 heterocycles. The number of thioether (sulfide) groups is 1. The molecule has 0 spiro atoms. The largest absolute Gasteiger partial charge is 0.481 e. The summed E-state index contributed by atoms with van der Waals surface area (Å²) in [6.45, 7) is 2.66. The minimum absolute atomic E-state index is 0.0719. The number of carbonyl (C=O) groups is 2. The second-order valence-corrected chi connectivity index (χ2v) is 4.81. The molecule has 0 bridgehead atoms. The molecule has 15 heavy (non-hydrogen) atoms. The van der Waals surface area contributed by atoms with Gasteiger partial charge in [-0.15, -0.1) is 0 Å². The van der Waals surface area contributed by atoms with E-state index in [9.17, 15) is 9.59 Å². The van der Waals surface area contributed by atoms with E-state index in [-0.39, 0.29) is 18.4 Å². The summed E-state index contributed by atoms with van der Waals surface area (Å²) in [7, 11) is 0. The zero-order valence-corrected chi connectivity index (χ0v) is 9.76. The molecule has 1 unspecified atom stereocenters. The Morgan fingerprint density at radius 1 is 1.53 bits per heavy atom. The number of amides is 1. The third-order valence-corrected chi connectivity index (χ3v) is 3.51. The van der Waals surface area contributed by atoms with E-state index in [1.54, 1.807) is 16.7 Å². The van der Waals surface area contributed by atoms with Gasteiger partial charge < -0.3 is 10.0 Å². The molecule has 1 aliphatic heterocycles. The zero-order valence-electron chi connectivity index (χ0n) is 8.94. The van der Waals surface area contributed by atoms with Crippen LogP contribution in [0.2, 0.25) is 0 Å². The minimum Gasteiger partial charge on any atom is -0.481 e. The lowest BCUT2D eigenvalue weighted by Gasteiger charge is -2.34. The number of aliphatic carboxylic acids is 1. The van der Waals surface area contributed by atoms with Crippen LogP contribution in [0.15, 0.2) is 0 Å². The van der Waals surface area contributed by atoms with E-state index >= 15 is 0 Å². The van der Waals surface area contributed by atoms with Crippen molar-refractivity contribution in [1.29, 1.82) is 0 Å². The number of carboxylic acids is 1. The van der Waals surface area contributed by atoms with E-state index in [1.165, 1.54) is 0 Å². The van der Waals surface area contributed by atoms with Crippen LogP contribution in [0.4, 0.5) is 0 Å². The van der Waals surface area contributed by atoms with Gasteiger partial charge in [0.25, 0.3) is 0 Å². The van der Waals surface area contributed by atoms with Crippen LogP contribution in [0.25, 0.3) is 0 Å². The van der Waals surface area contributed by atoms with Gasteiger partial charge in [-0.05, 0) is 6.42 Å². The Kier molecular flexibility index (Phi) is 4.94. The molecule has 4 nitrogen and oxygen atoms in total. The fourth-order valence-corrected chi connectivity index (χ4v) is 2.77. The lowest BCUT2D eigenvalue weighted by molar-refractivity contribution is -0.140. The van der Waals surface area contributed by atoms with Gasteiger partial charge in [0.2, 0.25) is 5.91 Å². The third kappa shape index (κ3) is 3.74. The number of hydrogen-bond donors (Lipinski definition) is 1. The maximum atomic E-state index is 11.7. The summed E-state index contributed by atoms with van der Waals surface area (Å²) >= 11 is 1.73. The van der Waals surface area contributed by atoms with Crippen molar-refractivity contribution in [2.45, 2.75) is 32.2 Å². The molecule has 0 aromatic carbocycles. The summed E-state index contributed by atoms with van der Waals surface area (Å²) in [5, 5.41) is 8.75. The van der Waals surface area contributed by atoms with E-state index < -0.39 is 5.97 Å². The fourth-order valence-electron chi connectivity index (χ4n) is 1.71. The van der Waals surface area contributed by atoms with Gasteiger partial charge >= 0.3 is 5.97 Å². The number of rotatable bonds is 4. The zero-order chi connectivity index (χ0) is 11.3. The molecule has 5 heteroatoms.